The maximum absolute atomic E-state index is 14.4. The van der Waals surface area contributed by atoms with E-state index in [2.05, 4.69) is 96.2 Å². The quantitative estimate of drug-likeness (QED) is 0.101. The molecule has 0 atom stereocenters. The first-order valence-corrected chi connectivity index (χ1v) is 37.8. The van der Waals surface area contributed by atoms with Crippen LogP contribution in [0.1, 0.15) is 153 Å². The molecule has 8 aromatic rings. The maximum atomic E-state index is 14.4. The Labute approximate surface area is 729 Å². The monoisotopic (exact) mass is 1750 g/mol. The summed E-state index contributed by atoms with van der Waals surface area (Å²) in [6.07, 6.45) is 7.37. The van der Waals surface area contributed by atoms with Gasteiger partial charge in [-0.25, -0.2) is 0 Å². The van der Waals surface area contributed by atoms with Crippen molar-refractivity contribution in [2.75, 3.05) is 106 Å². The van der Waals surface area contributed by atoms with E-state index in [1.165, 1.54) is 0 Å². The van der Waals surface area contributed by atoms with Crippen molar-refractivity contribution in [1.82, 2.24) is 0 Å². The molecule has 0 saturated carbocycles. The molecule has 1 aliphatic heterocycles. The molecule has 0 spiro atoms. The average molecular weight is 1760 g/mol. The number of hydrogen-bond acceptors (Lipinski definition) is 20. The van der Waals surface area contributed by atoms with Crippen LogP contribution in [0.3, 0.4) is 0 Å². The first-order chi connectivity index (χ1) is 52.6. The molecule has 26 nitrogen and oxygen atoms in total. The van der Waals surface area contributed by atoms with E-state index < -0.39 is 0 Å². The predicted octanol–water partition coefficient (Wildman–Crippen LogP) is 11.1. The zero-order valence-corrected chi connectivity index (χ0v) is 72.7. The standard InChI is InChI=1S/C92H112N4O14.2Ni.8H2O/c1-63-47-65-51-73(89(3,4)5)55-69(85(65)97)59-93-77-23-15-19-27-81(77)107-43-39-103-35-31-101-33-37-105-41-45-109-83-29-21-17-25-79(83)95-61-71-57-75(91(9,10)11)53-67(87(71)99)49-64(2)50-68-54-76(92(12,13)14)58-72(88(68)100)62-96-80-26-18-22-30-84(80)110-46-42-106-38-34-102-32-36-104-40-44-108-82-28-20-16-24-78(82)94-60-70-56-74(90(6,7)8)52-66(48-63)86(70)98;;;;;;;;;;/h15-30,51-62,97-100H,1-2,31-50H2,3-14H3;;;8*1H2/q;2*+2;;;;;;;;/p-4. The zero-order chi connectivity index (χ0) is 78.9. The number of benzene rings is 8. The van der Waals surface area contributed by atoms with Crippen molar-refractivity contribution >= 4 is 47.6 Å². The van der Waals surface area contributed by atoms with Crippen molar-refractivity contribution in [3.63, 3.8) is 0 Å². The average Bonchev–Trinajstić information content (AvgIpc) is 0.807. The van der Waals surface area contributed by atoms with Gasteiger partial charge in [-0.1, -0.05) is 250 Å². The summed E-state index contributed by atoms with van der Waals surface area (Å²) >= 11 is 0. The summed E-state index contributed by atoms with van der Waals surface area (Å²) < 4.78 is 59.5. The van der Waals surface area contributed by atoms with Crippen LogP contribution in [0.2, 0.25) is 0 Å². The first-order valence-electron chi connectivity index (χ1n) is 37.8. The van der Waals surface area contributed by atoms with Gasteiger partial charge in [-0.05, 0) is 140 Å². The fraction of sp³-hybridized carbons (Fsp3) is 0.391. The molecule has 0 amide bonds. The van der Waals surface area contributed by atoms with E-state index in [-0.39, 0.29) is 176 Å². The Morgan fingerprint density at radius 2 is 0.442 bits per heavy atom. The summed E-state index contributed by atoms with van der Waals surface area (Å²) in [5, 5.41) is 57.7. The van der Waals surface area contributed by atoms with Gasteiger partial charge in [0.15, 0.2) is 0 Å². The third-order valence-corrected chi connectivity index (χ3v) is 18.3. The molecule has 0 aliphatic carbocycles. The van der Waals surface area contributed by atoms with E-state index in [4.69, 9.17) is 67.3 Å². The summed E-state index contributed by atoms with van der Waals surface area (Å²) in [4.78, 5) is 19.2. The topological polar surface area (TPSA) is 483 Å². The SMILES string of the molecule is C=C1Cc2cc(C(C)(C)C)cc(c2[O-])C=Nc2ccccc2OCCOCCOCCOCCOc2ccccc2N=Cc2cc(C(C)(C)C)cc(c2[O-])CC(=C)Cc2cc(C(C)(C)C)cc(c2[O-])C=Nc2ccccc2OCCOCCOCCOCCOc2ccccc2N=Cc2cc(C(C)(C)C)cc(c2[O-])C1.O.O.O.O.O.O.[H+].[H+].[Ni+2].[Ni+2].[OH-].[OH-]. The van der Waals surface area contributed by atoms with Gasteiger partial charge in [0.1, 0.15) is 72.2 Å². The van der Waals surface area contributed by atoms with Gasteiger partial charge in [-0.3, -0.25) is 20.0 Å². The Kier molecular flexibility index (Phi) is 50.9. The Hall–Kier alpha value is -9.25. The van der Waals surface area contributed by atoms with Gasteiger partial charge in [-0.2, -0.15) is 0 Å². The van der Waals surface area contributed by atoms with Crippen molar-refractivity contribution in [2.24, 2.45) is 20.0 Å². The molecule has 664 valence electrons. The van der Waals surface area contributed by atoms with Gasteiger partial charge in [0, 0.05) is 24.9 Å². The fourth-order valence-corrected chi connectivity index (χ4v) is 11.9. The minimum Gasteiger partial charge on any atom is -0.872 e. The summed E-state index contributed by atoms with van der Waals surface area (Å²) in [7, 11) is 0. The number of hydrogen-bond donors (Lipinski definition) is 0. The number of fused-ring (bicyclic) bond motifs is 12. The molecular weight excluding hydrogens is 1630 g/mol. The van der Waals surface area contributed by atoms with Gasteiger partial charge in [0.2, 0.25) is 0 Å². The second-order valence-corrected chi connectivity index (χ2v) is 31.4. The Bertz CT molecular complexity index is 4000. The number of rotatable bonds is 0. The smallest absolute Gasteiger partial charge is 0.872 e. The fourth-order valence-electron chi connectivity index (χ4n) is 11.9. The molecule has 0 radical (unpaired) electrons. The molecule has 9 rings (SSSR count). The molecule has 14 N–H and O–H groups in total. The van der Waals surface area contributed by atoms with E-state index in [9.17, 15) is 20.4 Å². The summed E-state index contributed by atoms with van der Waals surface area (Å²) in [5.74, 6) is 1.44. The minimum atomic E-state index is -0.305. The van der Waals surface area contributed by atoms with Crippen molar-refractivity contribution in [1.29, 1.82) is 0 Å². The first kappa shape index (κ1) is 113. The molecule has 0 aromatic heterocycles. The molecule has 120 heavy (non-hydrogen) atoms. The van der Waals surface area contributed by atoms with Gasteiger partial charge >= 0.3 is 35.8 Å². The van der Waals surface area contributed by atoms with Crippen LogP contribution in [0.15, 0.2) is 190 Å². The van der Waals surface area contributed by atoms with E-state index in [1.807, 2.05) is 146 Å². The summed E-state index contributed by atoms with van der Waals surface area (Å²) in [6.45, 7) is 39.1. The maximum Gasteiger partial charge on any atom is 2.00 e. The molecule has 1 heterocycles. The summed E-state index contributed by atoms with van der Waals surface area (Å²) in [6, 6.07) is 44.9. The van der Waals surface area contributed by atoms with E-state index >= 15 is 0 Å². The van der Waals surface area contributed by atoms with Crippen molar-refractivity contribution in [3.05, 3.63) is 237 Å². The molecule has 0 saturated heterocycles. The Morgan fingerprint density at radius 3 is 0.617 bits per heavy atom. The molecule has 8 bridgehead atoms. The van der Waals surface area contributed by atoms with Gasteiger partial charge in [-0.15, -0.1) is 0 Å². The third kappa shape index (κ3) is 34.7. The van der Waals surface area contributed by atoms with Crippen LogP contribution >= 0.6 is 0 Å². The molecule has 28 heteroatoms. The number of ether oxygens (including phenoxy) is 10. The Balaban J connectivity index is -0.00000580. The van der Waals surface area contributed by atoms with Crippen LogP contribution in [0.5, 0.6) is 46.0 Å². The predicted molar refractivity (Wildman–Crippen MR) is 461 cm³/mol. The van der Waals surface area contributed by atoms with Crippen LogP contribution in [-0.2, 0) is 109 Å². The zero-order valence-electron chi connectivity index (χ0n) is 72.8. The number of nitrogens with zero attached hydrogens (tertiary/aromatic N) is 4. The van der Waals surface area contributed by atoms with Gasteiger partial charge in [0.25, 0.3) is 0 Å². The second kappa shape index (κ2) is 54.2. The van der Waals surface area contributed by atoms with Crippen LogP contribution < -0.4 is 39.4 Å². The normalized spacial score (nSPS) is 14.6. The third-order valence-electron chi connectivity index (χ3n) is 18.3. The van der Waals surface area contributed by atoms with Gasteiger partial charge < -0.3 is 112 Å². The van der Waals surface area contributed by atoms with Crippen molar-refractivity contribution in [2.45, 2.75) is 130 Å². The van der Waals surface area contributed by atoms with Crippen LogP contribution in [0, 0.1) is 0 Å². The minimum absolute atomic E-state index is 0. The van der Waals surface area contributed by atoms with Crippen LogP contribution in [0.25, 0.3) is 0 Å². The van der Waals surface area contributed by atoms with Crippen LogP contribution in [0.4, 0.5) is 22.7 Å². The molecule has 0 fully saturated rings. The number of aliphatic imine (C=N–C) groups is 4. The number of allylic oxidation sites excluding steroid dienone is 2. The van der Waals surface area contributed by atoms with E-state index in [1.54, 1.807) is 24.9 Å². The van der Waals surface area contributed by atoms with Crippen LogP contribution in [-0.4, -0.2) is 174 Å². The van der Waals surface area contributed by atoms with Gasteiger partial charge in [0.05, 0.1) is 79.3 Å². The van der Waals surface area contributed by atoms with Crippen molar-refractivity contribution in [3.8, 4) is 46.0 Å². The second-order valence-electron chi connectivity index (χ2n) is 31.4. The molecule has 0 unspecified atom stereocenters. The molecule has 1 aliphatic rings. The molecule has 8 aromatic carbocycles. The van der Waals surface area contributed by atoms with E-state index in [0.717, 1.165) is 22.3 Å². The van der Waals surface area contributed by atoms with Crippen molar-refractivity contribution < 1.29 is 147 Å². The Morgan fingerprint density at radius 1 is 0.275 bits per heavy atom. The largest absolute Gasteiger partial charge is 2.00 e. The number of para-hydroxylation sites is 8. The van der Waals surface area contributed by atoms with E-state index in [0.29, 0.717) is 181 Å². The molecular formula is C92H124N4Ni2O22. The summed E-state index contributed by atoms with van der Waals surface area (Å²) in [5.41, 5.74) is 10.2.